The van der Waals surface area contributed by atoms with E-state index in [4.69, 9.17) is 9.47 Å². The number of hydrogen-bond acceptors (Lipinski definition) is 5. The molecule has 0 radical (unpaired) electrons. The number of fused-ring (bicyclic) bond motifs is 1. The molecule has 0 saturated carbocycles. The van der Waals surface area contributed by atoms with E-state index in [1.54, 1.807) is 42.3 Å². The number of carbonyl (C=O) groups excluding carboxylic acids is 1. The van der Waals surface area contributed by atoms with Gasteiger partial charge < -0.3 is 14.4 Å². The molecule has 0 N–H and O–H groups in total. The Hall–Kier alpha value is -3.97. The summed E-state index contributed by atoms with van der Waals surface area (Å²) in [7, 11) is 1.62. The standard InChI is InChI=1S/C28H27N3O4/c1-34-25-16-8-5-10-20(25)18-30(19-22-13-9-17-35-22)28(33)26-23-14-6-7-15-24(23)27(32)31(29-26)21-11-3-2-4-12-21/h2-8,10-12,14-16,22H,9,13,17-19H2,1H3. The van der Waals surface area contributed by atoms with Crippen molar-refractivity contribution in [3.05, 3.63) is 100 Å². The van der Waals surface area contributed by atoms with E-state index in [9.17, 15) is 9.59 Å². The SMILES string of the molecule is COc1ccccc1CN(CC1CCCO1)C(=O)c1nn(-c2ccccc2)c(=O)c2ccccc12. The fourth-order valence-electron chi connectivity index (χ4n) is 4.53. The van der Waals surface area contributed by atoms with Gasteiger partial charge in [-0.15, -0.1) is 0 Å². The van der Waals surface area contributed by atoms with Crippen molar-refractivity contribution in [2.24, 2.45) is 0 Å². The zero-order chi connectivity index (χ0) is 24.2. The molecule has 178 valence electrons. The first-order valence-corrected chi connectivity index (χ1v) is 11.8. The van der Waals surface area contributed by atoms with Crippen LogP contribution in [0.4, 0.5) is 0 Å². The van der Waals surface area contributed by atoms with E-state index >= 15 is 0 Å². The summed E-state index contributed by atoms with van der Waals surface area (Å²) in [5, 5.41) is 5.57. The number of amides is 1. The van der Waals surface area contributed by atoms with Gasteiger partial charge in [0, 0.05) is 30.6 Å². The van der Waals surface area contributed by atoms with Gasteiger partial charge in [-0.1, -0.05) is 54.6 Å². The summed E-state index contributed by atoms with van der Waals surface area (Å²) in [6, 6.07) is 23.9. The van der Waals surface area contributed by atoms with Crippen LogP contribution in [0, 0.1) is 0 Å². The highest BCUT2D eigenvalue weighted by molar-refractivity contribution is 6.04. The minimum atomic E-state index is -0.265. The molecule has 5 rings (SSSR count). The molecule has 0 spiro atoms. The van der Waals surface area contributed by atoms with E-state index in [1.807, 2.05) is 48.5 Å². The second kappa shape index (κ2) is 10.1. The quantitative estimate of drug-likeness (QED) is 0.405. The van der Waals surface area contributed by atoms with E-state index in [0.717, 1.165) is 18.4 Å². The summed E-state index contributed by atoms with van der Waals surface area (Å²) in [6.07, 6.45) is 1.83. The lowest BCUT2D eigenvalue weighted by atomic mass is 10.1. The molecule has 1 fully saturated rings. The Balaban J connectivity index is 1.61. The van der Waals surface area contributed by atoms with E-state index < -0.39 is 0 Å². The van der Waals surface area contributed by atoms with Crippen molar-refractivity contribution in [3.8, 4) is 11.4 Å². The third-order valence-electron chi connectivity index (χ3n) is 6.30. The highest BCUT2D eigenvalue weighted by Crippen LogP contribution is 2.24. The zero-order valence-electron chi connectivity index (χ0n) is 19.6. The van der Waals surface area contributed by atoms with Crippen molar-refractivity contribution in [2.45, 2.75) is 25.5 Å². The van der Waals surface area contributed by atoms with Crippen LogP contribution in [-0.2, 0) is 11.3 Å². The van der Waals surface area contributed by atoms with Crippen LogP contribution in [0.2, 0.25) is 0 Å². The number of methoxy groups -OCH3 is 1. The molecular formula is C28H27N3O4. The molecule has 2 heterocycles. The first-order valence-electron chi connectivity index (χ1n) is 11.8. The van der Waals surface area contributed by atoms with Crippen LogP contribution in [0.5, 0.6) is 5.75 Å². The maximum Gasteiger partial charge on any atom is 0.279 e. The van der Waals surface area contributed by atoms with Gasteiger partial charge in [0.2, 0.25) is 0 Å². The van der Waals surface area contributed by atoms with Crippen molar-refractivity contribution >= 4 is 16.7 Å². The smallest absolute Gasteiger partial charge is 0.279 e. The molecule has 4 aromatic rings. The van der Waals surface area contributed by atoms with Crippen LogP contribution in [0.1, 0.15) is 28.9 Å². The molecule has 3 aromatic carbocycles. The molecule has 0 aliphatic carbocycles. The van der Waals surface area contributed by atoms with Crippen LogP contribution in [0.3, 0.4) is 0 Å². The largest absolute Gasteiger partial charge is 0.496 e. The van der Waals surface area contributed by atoms with E-state index in [-0.39, 0.29) is 23.3 Å². The van der Waals surface area contributed by atoms with Crippen molar-refractivity contribution in [2.75, 3.05) is 20.3 Å². The number of rotatable bonds is 7. The van der Waals surface area contributed by atoms with E-state index in [1.165, 1.54) is 4.68 Å². The predicted molar refractivity (Wildman–Crippen MR) is 134 cm³/mol. The first kappa shape index (κ1) is 22.8. The Kier molecular flexibility index (Phi) is 6.59. The molecule has 1 unspecified atom stereocenters. The average molecular weight is 470 g/mol. The summed E-state index contributed by atoms with van der Waals surface area (Å²) < 4.78 is 12.7. The molecule has 35 heavy (non-hydrogen) atoms. The van der Waals surface area contributed by atoms with Gasteiger partial charge in [-0.05, 0) is 37.1 Å². The molecule has 1 aromatic heterocycles. The summed E-state index contributed by atoms with van der Waals surface area (Å²) in [5.41, 5.74) is 1.46. The number of para-hydroxylation sites is 2. The highest BCUT2D eigenvalue weighted by atomic mass is 16.5. The molecule has 7 nitrogen and oxygen atoms in total. The van der Waals surface area contributed by atoms with Crippen LogP contribution in [0.15, 0.2) is 83.7 Å². The Morgan fingerprint density at radius 2 is 1.74 bits per heavy atom. The van der Waals surface area contributed by atoms with Gasteiger partial charge in [0.1, 0.15) is 5.75 Å². The van der Waals surface area contributed by atoms with Gasteiger partial charge in [0.25, 0.3) is 11.5 Å². The van der Waals surface area contributed by atoms with Crippen molar-refractivity contribution in [3.63, 3.8) is 0 Å². The van der Waals surface area contributed by atoms with Crippen LogP contribution in [-0.4, -0.2) is 47.0 Å². The molecule has 0 bridgehead atoms. The fourth-order valence-corrected chi connectivity index (χ4v) is 4.53. The first-order chi connectivity index (χ1) is 17.2. The summed E-state index contributed by atoms with van der Waals surface area (Å²) in [6.45, 7) is 1.46. The van der Waals surface area contributed by atoms with Crippen molar-refractivity contribution in [1.29, 1.82) is 0 Å². The summed E-state index contributed by atoms with van der Waals surface area (Å²) >= 11 is 0. The minimum absolute atomic E-state index is 0.0417. The van der Waals surface area contributed by atoms with E-state index in [0.29, 0.717) is 41.9 Å². The fraction of sp³-hybridized carbons (Fsp3) is 0.250. The van der Waals surface area contributed by atoms with Crippen LogP contribution >= 0.6 is 0 Å². The Labute approximate surface area is 203 Å². The third kappa shape index (κ3) is 4.68. The van der Waals surface area contributed by atoms with E-state index in [2.05, 4.69) is 5.10 Å². The number of nitrogens with zero attached hydrogens (tertiary/aromatic N) is 3. The highest BCUT2D eigenvalue weighted by Gasteiger charge is 2.27. The average Bonchev–Trinajstić information content (AvgIpc) is 3.42. The molecule has 1 amide bonds. The zero-order valence-corrected chi connectivity index (χ0v) is 19.6. The molecule has 1 atom stereocenters. The molecule has 7 heteroatoms. The number of aromatic nitrogens is 2. The van der Waals surface area contributed by atoms with Gasteiger partial charge in [-0.25, -0.2) is 0 Å². The minimum Gasteiger partial charge on any atom is -0.496 e. The topological polar surface area (TPSA) is 73.7 Å². The molecule has 1 aliphatic rings. The van der Waals surface area contributed by atoms with Gasteiger partial charge in [-0.2, -0.15) is 9.78 Å². The second-order valence-corrected chi connectivity index (χ2v) is 8.58. The molecule has 1 saturated heterocycles. The monoisotopic (exact) mass is 469 g/mol. The summed E-state index contributed by atoms with van der Waals surface area (Å²) in [5.74, 6) is 0.456. The van der Waals surface area contributed by atoms with Gasteiger partial charge in [-0.3, -0.25) is 9.59 Å². The van der Waals surface area contributed by atoms with Gasteiger partial charge >= 0.3 is 0 Å². The van der Waals surface area contributed by atoms with Gasteiger partial charge in [0.15, 0.2) is 5.69 Å². The number of hydrogen-bond donors (Lipinski definition) is 0. The number of benzene rings is 3. The van der Waals surface area contributed by atoms with Crippen LogP contribution < -0.4 is 10.3 Å². The second-order valence-electron chi connectivity index (χ2n) is 8.58. The normalized spacial score (nSPS) is 15.3. The third-order valence-corrected chi connectivity index (χ3v) is 6.30. The Morgan fingerprint density at radius 3 is 2.49 bits per heavy atom. The lowest BCUT2D eigenvalue weighted by Gasteiger charge is -2.26. The number of ether oxygens (including phenoxy) is 2. The maximum absolute atomic E-state index is 14.1. The summed E-state index contributed by atoms with van der Waals surface area (Å²) in [4.78, 5) is 29.1. The lowest BCUT2D eigenvalue weighted by molar-refractivity contribution is 0.0501. The Morgan fingerprint density at radius 1 is 1.03 bits per heavy atom. The lowest BCUT2D eigenvalue weighted by Crippen LogP contribution is -2.38. The maximum atomic E-state index is 14.1. The number of carbonyl (C=O) groups is 1. The van der Waals surface area contributed by atoms with Gasteiger partial charge in [0.05, 0.1) is 24.3 Å². The molecule has 1 aliphatic heterocycles. The molecular weight excluding hydrogens is 442 g/mol. The van der Waals surface area contributed by atoms with Crippen LogP contribution in [0.25, 0.3) is 16.5 Å². The van der Waals surface area contributed by atoms with Crippen molar-refractivity contribution in [1.82, 2.24) is 14.7 Å². The van der Waals surface area contributed by atoms with Crippen molar-refractivity contribution < 1.29 is 14.3 Å². The Bertz CT molecular complexity index is 1390. The predicted octanol–water partition coefficient (Wildman–Crippen LogP) is 4.22.